The summed E-state index contributed by atoms with van der Waals surface area (Å²) in [6.07, 6.45) is 2.36. The molecule has 5 heteroatoms. The predicted molar refractivity (Wildman–Crippen MR) is 50.5 cm³/mol. The highest BCUT2D eigenvalue weighted by Crippen LogP contribution is 2.28. The summed E-state index contributed by atoms with van der Waals surface area (Å²) in [6, 6.07) is 0. The van der Waals surface area contributed by atoms with Crippen LogP contribution in [0, 0.1) is 0 Å². The molecule has 0 aliphatic carbocycles. The van der Waals surface area contributed by atoms with Gasteiger partial charge in [-0.15, -0.1) is 0 Å². The van der Waals surface area contributed by atoms with Crippen molar-refractivity contribution in [2.45, 2.75) is 44.2 Å². The van der Waals surface area contributed by atoms with E-state index in [0.717, 1.165) is 12.8 Å². The van der Waals surface area contributed by atoms with E-state index in [2.05, 4.69) is 0 Å². The maximum absolute atomic E-state index is 10.4. The van der Waals surface area contributed by atoms with E-state index in [-0.39, 0.29) is 24.9 Å². The number of hydrogen-bond acceptors (Lipinski definition) is 4. The van der Waals surface area contributed by atoms with Gasteiger partial charge in [0.05, 0.1) is 19.3 Å². The Hall–Kier alpha value is -0.650. The molecule has 2 heterocycles. The first-order valence-corrected chi connectivity index (χ1v) is 5.36. The van der Waals surface area contributed by atoms with Crippen molar-refractivity contribution in [1.29, 1.82) is 0 Å². The van der Waals surface area contributed by atoms with Crippen LogP contribution in [0.4, 0.5) is 0 Å². The monoisotopic (exact) mass is 216 g/mol. The van der Waals surface area contributed by atoms with Gasteiger partial charge in [0.15, 0.2) is 6.29 Å². The second-order valence-electron chi connectivity index (χ2n) is 3.92. The lowest BCUT2D eigenvalue weighted by Crippen LogP contribution is -2.27. The van der Waals surface area contributed by atoms with Gasteiger partial charge in [0, 0.05) is 6.42 Å². The molecule has 0 amide bonds. The fourth-order valence-corrected chi connectivity index (χ4v) is 2.02. The Bertz CT molecular complexity index is 224. The third-order valence-electron chi connectivity index (χ3n) is 2.77. The molecule has 86 valence electrons. The molecule has 0 unspecified atom stereocenters. The minimum Gasteiger partial charge on any atom is -0.481 e. The molecule has 0 spiro atoms. The van der Waals surface area contributed by atoms with Gasteiger partial charge in [-0.25, -0.2) is 0 Å². The Morgan fingerprint density at radius 3 is 2.67 bits per heavy atom. The molecule has 5 nitrogen and oxygen atoms in total. The molecule has 15 heavy (non-hydrogen) atoms. The Labute approximate surface area is 88.3 Å². The van der Waals surface area contributed by atoms with Crippen LogP contribution in [0.2, 0.25) is 0 Å². The summed E-state index contributed by atoms with van der Waals surface area (Å²) in [7, 11) is 0. The Morgan fingerprint density at radius 2 is 2.00 bits per heavy atom. The number of aliphatic carboxylic acids is 1. The Balaban J connectivity index is 1.71. The zero-order valence-electron chi connectivity index (χ0n) is 8.55. The molecule has 2 rings (SSSR count). The van der Waals surface area contributed by atoms with Crippen molar-refractivity contribution in [1.82, 2.24) is 0 Å². The zero-order valence-corrected chi connectivity index (χ0v) is 8.55. The van der Waals surface area contributed by atoms with E-state index >= 15 is 0 Å². The average molecular weight is 216 g/mol. The Morgan fingerprint density at radius 1 is 1.27 bits per heavy atom. The summed E-state index contributed by atoms with van der Waals surface area (Å²) >= 11 is 0. The van der Waals surface area contributed by atoms with Crippen molar-refractivity contribution >= 4 is 5.97 Å². The van der Waals surface area contributed by atoms with Crippen molar-refractivity contribution in [3.63, 3.8) is 0 Å². The molecular formula is C10H16O5. The Kier molecular flexibility index (Phi) is 3.56. The summed E-state index contributed by atoms with van der Waals surface area (Å²) in [4.78, 5) is 10.4. The third kappa shape index (κ3) is 2.90. The van der Waals surface area contributed by atoms with Crippen LogP contribution in [-0.2, 0) is 19.0 Å². The van der Waals surface area contributed by atoms with Gasteiger partial charge in [0.25, 0.3) is 0 Å². The number of rotatable bonds is 4. The molecule has 2 aliphatic rings. The van der Waals surface area contributed by atoms with E-state index in [1.54, 1.807) is 0 Å². The lowest BCUT2D eigenvalue weighted by atomic mass is 10.1. The van der Waals surface area contributed by atoms with Crippen LogP contribution < -0.4 is 0 Å². The van der Waals surface area contributed by atoms with Crippen molar-refractivity contribution in [2.75, 3.05) is 13.2 Å². The molecule has 0 saturated carbocycles. The highest BCUT2D eigenvalue weighted by Gasteiger charge is 2.34. The maximum Gasteiger partial charge on any atom is 0.303 e. The van der Waals surface area contributed by atoms with Crippen molar-refractivity contribution in [3.05, 3.63) is 0 Å². The summed E-state index contributed by atoms with van der Waals surface area (Å²) < 4.78 is 16.4. The lowest BCUT2D eigenvalue weighted by Gasteiger charge is -2.17. The van der Waals surface area contributed by atoms with E-state index in [1.165, 1.54) is 0 Å². The molecule has 2 saturated heterocycles. The van der Waals surface area contributed by atoms with Gasteiger partial charge in [0.2, 0.25) is 0 Å². The van der Waals surface area contributed by atoms with E-state index in [4.69, 9.17) is 19.3 Å². The SMILES string of the molecule is O=C(O)CC[C@H]1CC[C@H](C2OCCO2)O1. The molecule has 0 radical (unpaired) electrons. The van der Waals surface area contributed by atoms with E-state index in [0.29, 0.717) is 19.6 Å². The van der Waals surface area contributed by atoms with Gasteiger partial charge >= 0.3 is 5.97 Å². The first-order valence-electron chi connectivity index (χ1n) is 5.36. The molecule has 2 fully saturated rings. The van der Waals surface area contributed by atoms with Crippen LogP contribution in [0.3, 0.4) is 0 Å². The number of hydrogen-bond donors (Lipinski definition) is 1. The molecule has 2 atom stereocenters. The van der Waals surface area contributed by atoms with Gasteiger partial charge in [0.1, 0.15) is 6.10 Å². The van der Waals surface area contributed by atoms with E-state index in [9.17, 15) is 4.79 Å². The van der Waals surface area contributed by atoms with Crippen LogP contribution in [0.1, 0.15) is 25.7 Å². The van der Waals surface area contributed by atoms with Crippen LogP contribution in [0.5, 0.6) is 0 Å². The smallest absolute Gasteiger partial charge is 0.303 e. The first kappa shape index (κ1) is 10.9. The van der Waals surface area contributed by atoms with Crippen molar-refractivity contribution in [2.24, 2.45) is 0 Å². The normalized spacial score (nSPS) is 32.3. The first-order chi connectivity index (χ1) is 7.25. The molecule has 2 aliphatic heterocycles. The summed E-state index contributed by atoms with van der Waals surface area (Å²) in [5.41, 5.74) is 0. The van der Waals surface area contributed by atoms with Gasteiger partial charge in [-0.1, -0.05) is 0 Å². The lowest BCUT2D eigenvalue weighted by molar-refractivity contribution is -0.143. The van der Waals surface area contributed by atoms with Gasteiger partial charge in [-0.2, -0.15) is 0 Å². The fraction of sp³-hybridized carbons (Fsp3) is 0.900. The quantitative estimate of drug-likeness (QED) is 0.752. The zero-order chi connectivity index (χ0) is 10.7. The van der Waals surface area contributed by atoms with Gasteiger partial charge < -0.3 is 19.3 Å². The minimum atomic E-state index is -0.768. The number of carbonyl (C=O) groups is 1. The standard InChI is InChI=1S/C10H16O5/c11-9(12)4-2-7-1-3-8(15-7)10-13-5-6-14-10/h7-8,10H,1-6H2,(H,11,12)/t7-,8-/m1/s1. The van der Waals surface area contributed by atoms with Crippen LogP contribution in [0.25, 0.3) is 0 Å². The van der Waals surface area contributed by atoms with Gasteiger partial charge in [-0.3, -0.25) is 4.79 Å². The molecular weight excluding hydrogens is 200 g/mol. The summed E-state index contributed by atoms with van der Waals surface area (Å²) in [6.45, 7) is 1.26. The van der Waals surface area contributed by atoms with Gasteiger partial charge in [-0.05, 0) is 19.3 Å². The number of carboxylic acids is 1. The topological polar surface area (TPSA) is 65.0 Å². The van der Waals surface area contributed by atoms with Crippen LogP contribution in [-0.4, -0.2) is 42.8 Å². The molecule has 0 aromatic rings. The largest absolute Gasteiger partial charge is 0.481 e. The number of ether oxygens (including phenoxy) is 3. The van der Waals surface area contributed by atoms with Crippen LogP contribution >= 0.6 is 0 Å². The highest BCUT2D eigenvalue weighted by molar-refractivity contribution is 5.66. The third-order valence-corrected chi connectivity index (χ3v) is 2.77. The van der Waals surface area contributed by atoms with E-state index in [1.807, 2.05) is 0 Å². The molecule has 1 N–H and O–H groups in total. The average Bonchev–Trinajstić information content (AvgIpc) is 2.85. The maximum atomic E-state index is 10.4. The molecule has 0 aromatic carbocycles. The van der Waals surface area contributed by atoms with Crippen molar-refractivity contribution < 1.29 is 24.1 Å². The molecule has 0 aromatic heterocycles. The highest BCUT2D eigenvalue weighted by atomic mass is 16.7. The van der Waals surface area contributed by atoms with E-state index < -0.39 is 5.97 Å². The van der Waals surface area contributed by atoms with Crippen molar-refractivity contribution in [3.8, 4) is 0 Å². The molecule has 0 bridgehead atoms. The van der Waals surface area contributed by atoms with Crippen LogP contribution in [0.15, 0.2) is 0 Å². The fourth-order valence-electron chi connectivity index (χ4n) is 2.02. The number of carboxylic acid groups (broad SMARTS) is 1. The predicted octanol–water partition coefficient (Wildman–Crippen LogP) is 0.772. The second-order valence-corrected chi connectivity index (χ2v) is 3.92. The summed E-state index contributed by atoms with van der Waals surface area (Å²) in [5, 5.41) is 8.55. The minimum absolute atomic E-state index is 0.00806. The second kappa shape index (κ2) is 4.92. The summed E-state index contributed by atoms with van der Waals surface area (Å²) in [5.74, 6) is -0.768.